The summed E-state index contributed by atoms with van der Waals surface area (Å²) >= 11 is 1.52. The normalized spacial score (nSPS) is 31.1. The second kappa shape index (κ2) is 10.8. The molecule has 4 aliphatic carbocycles. The lowest BCUT2D eigenvalue weighted by atomic mass is 9.53. The second-order valence-electron chi connectivity index (χ2n) is 14.1. The van der Waals surface area contributed by atoms with Crippen LogP contribution in [-0.2, 0) is 9.53 Å². The van der Waals surface area contributed by atoms with Crippen molar-refractivity contribution in [3.8, 4) is 5.88 Å². The third-order valence-electron chi connectivity index (χ3n) is 9.84. The van der Waals surface area contributed by atoms with Crippen molar-refractivity contribution in [2.24, 2.45) is 23.2 Å². The van der Waals surface area contributed by atoms with Crippen molar-refractivity contribution >= 4 is 23.6 Å². The Morgan fingerprint density at radius 3 is 2.38 bits per heavy atom. The number of aromatic nitrogens is 1. The highest BCUT2D eigenvalue weighted by atomic mass is 32.2. The standard InChI is InChI=1S/C30H46N4O5S/c1-19(2)40-24-23(25(35)32-29-14-20-11-21(15-29)13-22(12-20)16-29)39-33-26(24)37-18-28(3,4)27(36)34-8-5-30(6-9-34)17-31-7-10-38-30/h19-22,31H,5-18H2,1-4H3,(H,32,35). The van der Waals surface area contributed by atoms with Gasteiger partial charge in [0.25, 0.3) is 11.8 Å². The molecule has 0 aromatic carbocycles. The van der Waals surface area contributed by atoms with Crippen LogP contribution < -0.4 is 15.4 Å². The molecule has 9 nitrogen and oxygen atoms in total. The molecule has 6 fully saturated rings. The average molecular weight is 575 g/mol. The number of thioether (sulfide) groups is 1. The maximum absolute atomic E-state index is 13.6. The summed E-state index contributed by atoms with van der Waals surface area (Å²) in [7, 11) is 0. The van der Waals surface area contributed by atoms with E-state index in [2.05, 4.69) is 29.6 Å². The summed E-state index contributed by atoms with van der Waals surface area (Å²) in [6.07, 6.45) is 8.86. The molecule has 4 saturated carbocycles. The van der Waals surface area contributed by atoms with Gasteiger partial charge in [0.05, 0.1) is 17.6 Å². The predicted octanol–water partition coefficient (Wildman–Crippen LogP) is 4.26. The van der Waals surface area contributed by atoms with Crippen molar-refractivity contribution in [3.05, 3.63) is 5.76 Å². The molecular weight excluding hydrogens is 528 g/mol. The van der Waals surface area contributed by atoms with Crippen LogP contribution in [0.3, 0.4) is 0 Å². The van der Waals surface area contributed by atoms with Crippen molar-refractivity contribution in [3.63, 3.8) is 0 Å². The number of hydrogen-bond donors (Lipinski definition) is 2. The van der Waals surface area contributed by atoms with E-state index in [9.17, 15) is 9.59 Å². The Hall–Kier alpha value is -1.78. The number of carbonyl (C=O) groups is 2. The van der Waals surface area contributed by atoms with Crippen LogP contribution in [0.15, 0.2) is 9.42 Å². The third kappa shape index (κ3) is 5.64. The summed E-state index contributed by atoms with van der Waals surface area (Å²) in [6.45, 7) is 11.9. The summed E-state index contributed by atoms with van der Waals surface area (Å²) in [5.41, 5.74) is -1.01. The topological polar surface area (TPSA) is 106 Å². The van der Waals surface area contributed by atoms with Gasteiger partial charge in [-0.05, 0) is 88.1 Å². The third-order valence-corrected chi connectivity index (χ3v) is 10.9. The van der Waals surface area contributed by atoms with Crippen molar-refractivity contribution < 1.29 is 23.6 Å². The quantitative estimate of drug-likeness (QED) is 0.444. The number of amides is 2. The molecule has 0 radical (unpaired) electrons. The average Bonchev–Trinajstić information content (AvgIpc) is 3.29. The van der Waals surface area contributed by atoms with E-state index >= 15 is 0 Å². The number of ether oxygens (including phenoxy) is 2. The molecule has 4 bridgehead atoms. The molecule has 2 amide bonds. The summed E-state index contributed by atoms with van der Waals surface area (Å²) in [5, 5.41) is 11.2. The Morgan fingerprint density at radius 2 is 1.80 bits per heavy atom. The maximum Gasteiger partial charge on any atom is 0.291 e. The second-order valence-corrected chi connectivity index (χ2v) is 15.7. The van der Waals surface area contributed by atoms with Crippen LogP contribution in [0.2, 0.25) is 0 Å². The van der Waals surface area contributed by atoms with Crippen molar-refractivity contribution in [2.75, 3.05) is 39.4 Å². The first kappa shape index (κ1) is 28.3. The zero-order valence-corrected chi connectivity index (χ0v) is 25.4. The largest absolute Gasteiger partial charge is 0.474 e. The molecule has 222 valence electrons. The summed E-state index contributed by atoms with van der Waals surface area (Å²) in [5.74, 6) is 2.62. The number of rotatable bonds is 8. The Kier molecular flexibility index (Phi) is 7.66. The first-order valence-corrected chi connectivity index (χ1v) is 16.2. The lowest BCUT2D eigenvalue weighted by Gasteiger charge is -2.56. The molecule has 2 N–H and O–H groups in total. The van der Waals surface area contributed by atoms with Crippen LogP contribution in [0.1, 0.15) is 89.6 Å². The van der Waals surface area contributed by atoms with E-state index in [1.54, 1.807) is 0 Å². The van der Waals surface area contributed by atoms with E-state index in [0.717, 1.165) is 69.6 Å². The lowest BCUT2D eigenvalue weighted by Crippen LogP contribution is -2.59. The molecule has 6 aliphatic rings. The van der Waals surface area contributed by atoms with Gasteiger partial charge in [0.15, 0.2) is 0 Å². The molecule has 0 unspecified atom stereocenters. The zero-order valence-electron chi connectivity index (χ0n) is 24.6. The van der Waals surface area contributed by atoms with Crippen LogP contribution in [0.25, 0.3) is 0 Å². The summed E-state index contributed by atoms with van der Waals surface area (Å²) in [6, 6.07) is 0. The minimum absolute atomic E-state index is 0.0625. The van der Waals surface area contributed by atoms with E-state index in [1.807, 2.05) is 18.7 Å². The molecule has 40 heavy (non-hydrogen) atoms. The fourth-order valence-electron chi connectivity index (χ4n) is 8.29. The number of nitrogens with zero attached hydrogens (tertiary/aromatic N) is 2. The summed E-state index contributed by atoms with van der Waals surface area (Å²) < 4.78 is 17.9. The molecule has 2 saturated heterocycles. The van der Waals surface area contributed by atoms with Gasteiger partial charge >= 0.3 is 0 Å². The van der Waals surface area contributed by atoms with Crippen molar-refractivity contribution in [2.45, 2.75) is 100 Å². The number of nitrogens with one attached hydrogen (secondary N) is 2. The molecule has 1 aromatic heterocycles. The minimum atomic E-state index is -0.753. The van der Waals surface area contributed by atoms with Gasteiger partial charge in [0, 0.05) is 37.0 Å². The smallest absolute Gasteiger partial charge is 0.291 e. The molecule has 7 rings (SSSR count). The van der Waals surface area contributed by atoms with E-state index < -0.39 is 5.41 Å². The fourth-order valence-corrected chi connectivity index (χ4v) is 9.19. The monoisotopic (exact) mass is 574 g/mol. The highest BCUT2D eigenvalue weighted by molar-refractivity contribution is 8.00. The Balaban J connectivity index is 1.10. The van der Waals surface area contributed by atoms with Crippen molar-refractivity contribution in [1.82, 2.24) is 20.7 Å². The Bertz CT molecular complexity index is 1070. The molecule has 1 aromatic rings. The van der Waals surface area contributed by atoms with Crippen molar-refractivity contribution in [1.29, 1.82) is 0 Å². The van der Waals surface area contributed by atoms with Gasteiger partial charge in [-0.1, -0.05) is 13.8 Å². The van der Waals surface area contributed by atoms with E-state index in [0.29, 0.717) is 23.9 Å². The Labute approximate surface area is 242 Å². The number of carbonyl (C=O) groups excluding carboxylic acids is 2. The first-order chi connectivity index (χ1) is 19.1. The molecule has 10 heteroatoms. The summed E-state index contributed by atoms with van der Waals surface area (Å²) in [4.78, 5) is 29.7. The molecule has 2 aliphatic heterocycles. The predicted molar refractivity (Wildman–Crippen MR) is 153 cm³/mol. The van der Waals surface area contributed by atoms with Gasteiger partial charge in [-0.2, -0.15) is 0 Å². The van der Waals surface area contributed by atoms with Crippen LogP contribution in [0.5, 0.6) is 5.88 Å². The van der Waals surface area contributed by atoms with Crippen LogP contribution in [0.4, 0.5) is 0 Å². The van der Waals surface area contributed by atoms with E-state index in [4.69, 9.17) is 14.0 Å². The number of likely N-dealkylation sites (tertiary alicyclic amines) is 1. The lowest BCUT2D eigenvalue weighted by molar-refractivity contribution is -0.150. The Morgan fingerprint density at radius 1 is 1.15 bits per heavy atom. The van der Waals surface area contributed by atoms with E-state index in [1.165, 1.54) is 31.0 Å². The molecule has 0 atom stereocenters. The number of morpholine rings is 1. The fraction of sp³-hybridized carbons (Fsp3) is 0.833. The van der Waals surface area contributed by atoms with Crippen LogP contribution >= 0.6 is 11.8 Å². The minimum Gasteiger partial charge on any atom is -0.474 e. The molecular formula is C30H46N4O5S. The molecule has 3 heterocycles. The SMILES string of the molecule is CC(C)Sc1c(OCC(C)(C)C(=O)N2CCC3(CC2)CNCCO3)noc1C(=O)NC12CC3CC(CC(C3)C1)C2. The van der Waals surface area contributed by atoms with Gasteiger partial charge in [0.2, 0.25) is 11.7 Å². The van der Waals surface area contributed by atoms with E-state index in [-0.39, 0.29) is 40.6 Å². The zero-order chi connectivity index (χ0) is 28.1. The molecule has 1 spiro atoms. The van der Waals surface area contributed by atoms with Crippen LogP contribution in [0, 0.1) is 23.2 Å². The first-order valence-electron chi connectivity index (χ1n) is 15.3. The number of piperidine rings is 1. The highest BCUT2D eigenvalue weighted by Crippen LogP contribution is 2.55. The highest BCUT2D eigenvalue weighted by Gasteiger charge is 2.52. The maximum atomic E-state index is 13.6. The van der Waals surface area contributed by atoms with Crippen LogP contribution in [-0.4, -0.2) is 77.7 Å². The van der Waals surface area contributed by atoms with Gasteiger partial charge in [-0.25, -0.2) is 0 Å². The van der Waals surface area contributed by atoms with Gasteiger partial charge in [0.1, 0.15) is 11.5 Å². The van der Waals surface area contributed by atoms with Gasteiger partial charge in [-0.15, -0.1) is 11.8 Å². The van der Waals surface area contributed by atoms with Gasteiger partial charge in [-0.3, -0.25) is 9.59 Å². The van der Waals surface area contributed by atoms with Gasteiger partial charge < -0.3 is 29.5 Å². The number of hydrogen-bond acceptors (Lipinski definition) is 8.